The minimum atomic E-state index is -3.64. The van der Waals surface area contributed by atoms with Gasteiger partial charge in [-0.15, -0.1) is 0 Å². The molecule has 2 aliphatic carbocycles. The molecule has 1 heterocycles. The number of para-hydroxylation sites is 1. The van der Waals surface area contributed by atoms with Gasteiger partial charge in [-0.05, 0) is 62.0 Å². The van der Waals surface area contributed by atoms with Gasteiger partial charge in [-0.3, -0.25) is 9.78 Å². The van der Waals surface area contributed by atoms with Crippen LogP contribution in [-0.4, -0.2) is 31.9 Å². The molecule has 1 aromatic heterocycles. The second kappa shape index (κ2) is 9.87. The third-order valence-corrected chi connectivity index (χ3v) is 9.15. The number of nitrogens with one attached hydrogen (secondary N) is 2. The molecule has 0 saturated heterocycles. The Labute approximate surface area is 191 Å². The Kier molecular flexibility index (Phi) is 7.15. The van der Waals surface area contributed by atoms with Crippen molar-refractivity contribution in [2.24, 2.45) is 23.7 Å². The molecule has 0 radical (unpaired) electrons. The number of carbonyl (C=O) groups is 1. The summed E-state index contributed by atoms with van der Waals surface area (Å²) in [5.74, 6) is 1.69. The number of hydrogen-bond donors (Lipinski definition) is 2. The largest absolute Gasteiger partial charge is 0.353 e. The SMILES string of the molecule is C[C@H]1[C@H](C)CCC[C@@H]1NC(=O)C1CCC(CNS(=O)(=O)c2cccc3cccnc23)CC1. The molecule has 2 N–H and O–H groups in total. The lowest BCUT2D eigenvalue weighted by Gasteiger charge is -2.36. The molecule has 174 valence electrons. The predicted octanol–water partition coefficient (Wildman–Crippen LogP) is 4.26. The summed E-state index contributed by atoms with van der Waals surface area (Å²) in [6.07, 6.45) is 8.52. The van der Waals surface area contributed by atoms with Gasteiger partial charge in [0.2, 0.25) is 15.9 Å². The summed E-state index contributed by atoms with van der Waals surface area (Å²) in [7, 11) is -3.64. The van der Waals surface area contributed by atoms with Crippen LogP contribution in [-0.2, 0) is 14.8 Å². The van der Waals surface area contributed by atoms with E-state index in [1.165, 1.54) is 12.8 Å². The number of carbonyl (C=O) groups excluding carboxylic acids is 1. The van der Waals surface area contributed by atoms with Crippen LogP contribution in [0.2, 0.25) is 0 Å². The normalized spacial score (nSPS) is 29.0. The van der Waals surface area contributed by atoms with Gasteiger partial charge >= 0.3 is 0 Å². The quantitative estimate of drug-likeness (QED) is 0.678. The van der Waals surface area contributed by atoms with Gasteiger partial charge in [0.05, 0.1) is 5.52 Å². The summed E-state index contributed by atoms with van der Waals surface area (Å²) in [6.45, 7) is 4.93. The highest BCUT2D eigenvalue weighted by molar-refractivity contribution is 7.89. The Morgan fingerprint density at radius 1 is 1.03 bits per heavy atom. The van der Waals surface area contributed by atoms with Crippen molar-refractivity contribution >= 4 is 26.8 Å². The maximum absolute atomic E-state index is 12.9. The molecule has 0 spiro atoms. The number of hydrogen-bond acceptors (Lipinski definition) is 4. The predicted molar refractivity (Wildman–Crippen MR) is 126 cm³/mol. The van der Waals surface area contributed by atoms with Gasteiger partial charge < -0.3 is 5.32 Å². The Morgan fingerprint density at radius 2 is 1.78 bits per heavy atom. The lowest BCUT2D eigenvalue weighted by molar-refractivity contribution is -0.127. The zero-order valence-electron chi connectivity index (χ0n) is 19.1. The zero-order chi connectivity index (χ0) is 22.7. The third kappa shape index (κ3) is 5.15. The molecule has 1 amide bonds. The van der Waals surface area contributed by atoms with Crippen LogP contribution >= 0.6 is 0 Å². The smallest absolute Gasteiger partial charge is 0.242 e. The van der Waals surface area contributed by atoms with Gasteiger partial charge in [0.1, 0.15) is 4.90 Å². The summed E-state index contributed by atoms with van der Waals surface area (Å²) in [5.41, 5.74) is 0.495. The van der Waals surface area contributed by atoms with Gasteiger partial charge in [0.15, 0.2) is 0 Å². The Morgan fingerprint density at radius 3 is 2.56 bits per heavy atom. The molecular weight excluding hydrogens is 422 g/mol. The molecule has 2 aromatic rings. The number of pyridine rings is 1. The van der Waals surface area contributed by atoms with Crippen molar-refractivity contribution < 1.29 is 13.2 Å². The van der Waals surface area contributed by atoms with Crippen LogP contribution in [0, 0.1) is 23.7 Å². The summed E-state index contributed by atoms with van der Waals surface area (Å²) in [4.78, 5) is 17.3. The standard InChI is InChI=1S/C25H35N3O3S/c1-17-6-3-9-22(18(17)2)28-25(29)21-13-11-19(12-14-21)16-27-32(30,31)23-10-4-7-20-8-5-15-26-24(20)23/h4-5,7-8,10,15,17-19,21-22,27H,3,6,9,11-14,16H2,1-2H3,(H,28,29)/t17-,18+,19?,21?,22+/m1/s1. The van der Waals surface area contributed by atoms with Crippen LogP contribution < -0.4 is 10.0 Å². The number of amides is 1. The van der Waals surface area contributed by atoms with E-state index in [4.69, 9.17) is 0 Å². The van der Waals surface area contributed by atoms with E-state index in [9.17, 15) is 13.2 Å². The Bertz CT molecular complexity index is 1040. The van der Waals surface area contributed by atoms with Crippen LogP contribution in [0.1, 0.15) is 58.8 Å². The zero-order valence-corrected chi connectivity index (χ0v) is 19.9. The van der Waals surface area contributed by atoms with E-state index in [0.717, 1.165) is 37.5 Å². The highest BCUT2D eigenvalue weighted by atomic mass is 32.2. The topological polar surface area (TPSA) is 88.2 Å². The molecule has 32 heavy (non-hydrogen) atoms. The Balaban J connectivity index is 1.29. The summed E-state index contributed by atoms with van der Waals surface area (Å²) in [5, 5.41) is 4.13. The first-order valence-corrected chi connectivity index (χ1v) is 13.5. The fourth-order valence-electron chi connectivity index (χ4n) is 5.31. The van der Waals surface area contributed by atoms with E-state index < -0.39 is 10.0 Å². The molecule has 2 fully saturated rings. The second-order valence-electron chi connectivity index (χ2n) is 9.78. The molecule has 4 rings (SSSR count). The van der Waals surface area contributed by atoms with Crippen molar-refractivity contribution in [3.05, 3.63) is 36.5 Å². The maximum Gasteiger partial charge on any atom is 0.242 e. The number of benzene rings is 1. The van der Waals surface area contributed by atoms with Gasteiger partial charge in [-0.25, -0.2) is 13.1 Å². The first kappa shape index (κ1) is 23.2. The monoisotopic (exact) mass is 457 g/mol. The molecule has 2 saturated carbocycles. The molecule has 2 aliphatic rings. The van der Waals surface area contributed by atoms with E-state index in [-0.39, 0.29) is 22.6 Å². The first-order valence-electron chi connectivity index (χ1n) is 12.0. The van der Waals surface area contributed by atoms with Gasteiger partial charge in [-0.2, -0.15) is 0 Å². The van der Waals surface area contributed by atoms with Crippen molar-refractivity contribution in [1.29, 1.82) is 0 Å². The number of sulfonamides is 1. The second-order valence-corrected chi connectivity index (χ2v) is 11.5. The summed E-state index contributed by atoms with van der Waals surface area (Å²) < 4.78 is 28.6. The van der Waals surface area contributed by atoms with E-state index in [1.54, 1.807) is 24.4 Å². The average Bonchev–Trinajstić information content (AvgIpc) is 2.80. The molecule has 0 unspecified atom stereocenters. The van der Waals surface area contributed by atoms with Crippen LogP contribution in [0.4, 0.5) is 0 Å². The summed E-state index contributed by atoms with van der Waals surface area (Å²) in [6, 6.07) is 9.17. The highest BCUT2D eigenvalue weighted by Gasteiger charge is 2.32. The van der Waals surface area contributed by atoms with Gasteiger partial charge in [0.25, 0.3) is 0 Å². The van der Waals surface area contributed by atoms with E-state index in [0.29, 0.717) is 29.9 Å². The minimum Gasteiger partial charge on any atom is -0.353 e. The maximum atomic E-state index is 12.9. The number of aromatic nitrogens is 1. The molecule has 0 aliphatic heterocycles. The van der Waals surface area contributed by atoms with Crippen molar-refractivity contribution in [3.8, 4) is 0 Å². The first-order chi connectivity index (χ1) is 15.3. The lowest BCUT2D eigenvalue weighted by atomic mass is 9.77. The molecule has 0 bridgehead atoms. The van der Waals surface area contributed by atoms with Crippen LogP contribution in [0.5, 0.6) is 0 Å². The van der Waals surface area contributed by atoms with Crippen molar-refractivity contribution in [2.75, 3.05) is 6.54 Å². The minimum absolute atomic E-state index is 0.0505. The molecular formula is C25H35N3O3S. The fourth-order valence-corrected chi connectivity index (χ4v) is 6.61. The van der Waals surface area contributed by atoms with E-state index in [2.05, 4.69) is 28.9 Å². The number of rotatable bonds is 6. The van der Waals surface area contributed by atoms with Gasteiger partial charge in [-0.1, -0.05) is 44.9 Å². The Hall–Kier alpha value is -1.99. The third-order valence-electron chi connectivity index (χ3n) is 7.70. The van der Waals surface area contributed by atoms with Crippen molar-refractivity contribution in [3.63, 3.8) is 0 Å². The van der Waals surface area contributed by atoms with Gasteiger partial charge in [0, 0.05) is 30.1 Å². The molecule has 7 heteroatoms. The van der Waals surface area contributed by atoms with E-state index >= 15 is 0 Å². The van der Waals surface area contributed by atoms with Crippen LogP contribution in [0.15, 0.2) is 41.4 Å². The number of nitrogens with zero attached hydrogens (tertiary/aromatic N) is 1. The summed E-state index contributed by atoms with van der Waals surface area (Å²) >= 11 is 0. The van der Waals surface area contributed by atoms with Crippen LogP contribution in [0.3, 0.4) is 0 Å². The highest BCUT2D eigenvalue weighted by Crippen LogP contribution is 2.32. The molecule has 6 nitrogen and oxygen atoms in total. The van der Waals surface area contributed by atoms with Crippen molar-refractivity contribution in [1.82, 2.24) is 15.0 Å². The molecule has 1 aromatic carbocycles. The molecule has 3 atom stereocenters. The average molecular weight is 458 g/mol. The number of fused-ring (bicyclic) bond motifs is 1. The van der Waals surface area contributed by atoms with Crippen LogP contribution in [0.25, 0.3) is 10.9 Å². The fraction of sp³-hybridized carbons (Fsp3) is 0.600. The van der Waals surface area contributed by atoms with Crippen molar-refractivity contribution in [2.45, 2.75) is 69.7 Å². The lowest BCUT2D eigenvalue weighted by Crippen LogP contribution is -2.46. The van der Waals surface area contributed by atoms with E-state index in [1.807, 2.05) is 12.1 Å².